The van der Waals surface area contributed by atoms with Gasteiger partial charge in [0.05, 0.1) is 0 Å². The van der Waals surface area contributed by atoms with Crippen molar-refractivity contribution in [3.63, 3.8) is 0 Å². The maximum atomic E-state index is 3.67. The molecule has 0 bridgehead atoms. The molecule has 0 radical (unpaired) electrons. The number of hydrogen-bond acceptors (Lipinski definition) is 0. The van der Waals surface area contributed by atoms with E-state index in [2.05, 4.69) is 66.8 Å². The summed E-state index contributed by atoms with van der Waals surface area (Å²) in [4.78, 5) is 0. The first-order valence-electron chi connectivity index (χ1n) is 6.02. The number of aryl methyl sites for hydroxylation is 1. The van der Waals surface area contributed by atoms with Crippen LogP contribution in [0.25, 0.3) is 0 Å². The highest BCUT2D eigenvalue weighted by atomic mass is 79.9. The lowest BCUT2D eigenvalue weighted by Gasteiger charge is -2.23. The first-order valence-corrected chi connectivity index (χ1v) is 10.8. The van der Waals surface area contributed by atoms with Gasteiger partial charge in [0.25, 0.3) is 0 Å². The van der Waals surface area contributed by atoms with Gasteiger partial charge in [0.15, 0.2) is 0 Å². The fraction of sp³-hybridized carbons (Fsp3) is 0.571. The van der Waals surface area contributed by atoms with Crippen molar-refractivity contribution in [2.45, 2.75) is 39.0 Å². The summed E-state index contributed by atoms with van der Waals surface area (Å²) in [5, 5.41) is 1.13. The van der Waals surface area contributed by atoms with Crippen LogP contribution in [0.5, 0.6) is 0 Å². The minimum atomic E-state index is -0.939. The van der Waals surface area contributed by atoms with E-state index in [-0.39, 0.29) is 0 Å². The topological polar surface area (TPSA) is 0 Å². The standard InChI is InChI=1S/C14H23BrSi/c1-12-6-5-7-13(8-12)9-14(10-15)11-16(2,3)4/h5-8,14H,9-11H2,1-4H3. The third-order valence-electron chi connectivity index (χ3n) is 2.73. The van der Waals surface area contributed by atoms with Crippen molar-refractivity contribution in [3.8, 4) is 0 Å². The Morgan fingerprint density at radius 2 is 1.94 bits per heavy atom. The summed E-state index contributed by atoms with van der Waals surface area (Å²) in [6, 6.07) is 10.3. The number of benzene rings is 1. The van der Waals surface area contributed by atoms with Crippen LogP contribution >= 0.6 is 15.9 Å². The van der Waals surface area contributed by atoms with Gasteiger partial charge in [-0.3, -0.25) is 0 Å². The molecular formula is C14H23BrSi. The normalized spacial score (nSPS) is 13.8. The van der Waals surface area contributed by atoms with Crippen LogP contribution in [0.2, 0.25) is 25.7 Å². The predicted molar refractivity (Wildman–Crippen MR) is 80.3 cm³/mol. The zero-order valence-electron chi connectivity index (χ0n) is 10.9. The summed E-state index contributed by atoms with van der Waals surface area (Å²) in [6.45, 7) is 9.54. The molecule has 0 saturated heterocycles. The van der Waals surface area contributed by atoms with Crippen LogP contribution in [0.1, 0.15) is 11.1 Å². The Labute approximate surface area is 110 Å². The molecule has 1 aromatic carbocycles. The van der Waals surface area contributed by atoms with Crippen LogP contribution in [0.4, 0.5) is 0 Å². The summed E-state index contributed by atoms with van der Waals surface area (Å²) in [5.41, 5.74) is 2.86. The average Bonchev–Trinajstić information content (AvgIpc) is 2.14. The van der Waals surface area contributed by atoms with E-state index in [1.807, 2.05) is 0 Å². The summed E-state index contributed by atoms with van der Waals surface area (Å²) < 4.78 is 0. The molecule has 0 heterocycles. The molecule has 0 aliphatic heterocycles. The molecule has 0 saturated carbocycles. The Hall–Kier alpha value is -0.0831. The fourth-order valence-corrected chi connectivity index (χ4v) is 5.12. The number of halogens is 1. The highest BCUT2D eigenvalue weighted by molar-refractivity contribution is 9.09. The van der Waals surface area contributed by atoms with Crippen LogP contribution in [-0.2, 0) is 6.42 Å². The van der Waals surface area contributed by atoms with Crippen LogP contribution < -0.4 is 0 Å². The second-order valence-electron chi connectivity index (χ2n) is 5.98. The molecule has 0 fully saturated rings. The lowest BCUT2D eigenvalue weighted by molar-refractivity contribution is 0.651. The summed E-state index contributed by atoms with van der Waals surface area (Å²) in [5.74, 6) is 0.800. The second kappa shape index (κ2) is 6.01. The Kier molecular flexibility index (Phi) is 5.26. The Bertz CT molecular complexity index is 328. The van der Waals surface area contributed by atoms with E-state index in [4.69, 9.17) is 0 Å². The van der Waals surface area contributed by atoms with Crippen LogP contribution in [0, 0.1) is 12.8 Å². The quantitative estimate of drug-likeness (QED) is 0.536. The van der Waals surface area contributed by atoms with Gasteiger partial charge in [-0.05, 0) is 24.8 Å². The minimum Gasteiger partial charge on any atom is -0.0925 e. The van der Waals surface area contributed by atoms with Crippen molar-refractivity contribution >= 4 is 24.0 Å². The Morgan fingerprint density at radius 3 is 2.44 bits per heavy atom. The highest BCUT2D eigenvalue weighted by Crippen LogP contribution is 2.22. The average molecular weight is 299 g/mol. The number of rotatable bonds is 5. The second-order valence-corrected chi connectivity index (χ2v) is 12.2. The van der Waals surface area contributed by atoms with Gasteiger partial charge in [-0.1, -0.05) is 71.4 Å². The van der Waals surface area contributed by atoms with E-state index < -0.39 is 8.07 Å². The van der Waals surface area contributed by atoms with Gasteiger partial charge in [-0.15, -0.1) is 0 Å². The minimum absolute atomic E-state index is 0.800. The van der Waals surface area contributed by atoms with Crippen molar-refractivity contribution < 1.29 is 0 Å². The zero-order valence-corrected chi connectivity index (χ0v) is 13.5. The lowest BCUT2D eigenvalue weighted by atomic mass is 10.0. The highest BCUT2D eigenvalue weighted by Gasteiger charge is 2.19. The van der Waals surface area contributed by atoms with E-state index in [1.165, 1.54) is 23.6 Å². The molecule has 1 unspecified atom stereocenters. The lowest BCUT2D eigenvalue weighted by Crippen LogP contribution is -2.25. The van der Waals surface area contributed by atoms with Crippen molar-refractivity contribution in [1.29, 1.82) is 0 Å². The van der Waals surface area contributed by atoms with Gasteiger partial charge in [0, 0.05) is 13.4 Å². The predicted octanol–water partition coefficient (Wildman–Crippen LogP) is 4.89. The van der Waals surface area contributed by atoms with Gasteiger partial charge in [0.2, 0.25) is 0 Å². The van der Waals surface area contributed by atoms with Gasteiger partial charge in [0.1, 0.15) is 0 Å². The fourth-order valence-electron chi connectivity index (χ4n) is 2.22. The SMILES string of the molecule is Cc1cccc(CC(CBr)C[Si](C)(C)C)c1. The van der Waals surface area contributed by atoms with Gasteiger partial charge < -0.3 is 0 Å². The smallest absolute Gasteiger partial charge is 0.0445 e. The molecule has 0 spiro atoms. The first kappa shape index (κ1) is 14.0. The van der Waals surface area contributed by atoms with Crippen molar-refractivity contribution in [2.75, 3.05) is 5.33 Å². The molecular weight excluding hydrogens is 276 g/mol. The molecule has 0 aromatic heterocycles. The molecule has 16 heavy (non-hydrogen) atoms. The van der Waals surface area contributed by atoms with Crippen molar-refractivity contribution in [3.05, 3.63) is 35.4 Å². The molecule has 0 amide bonds. The molecule has 0 aliphatic rings. The zero-order chi connectivity index (χ0) is 12.2. The van der Waals surface area contributed by atoms with Crippen LogP contribution in [-0.4, -0.2) is 13.4 Å². The summed E-state index contributed by atoms with van der Waals surface area (Å²) in [6.07, 6.45) is 1.22. The first-order chi connectivity index (χ1) is 7.40. The summed E-state index contributed by atoms with van der Waals surface area (Å²) >= 11 is 3.67. The van der Waals surface area contributed by atoms with Crippen molar-refractivity contribution in [2.24, 2.45) is 5.92 Å². The van der Waals surface area contributed by atoms with Gasteiger partial charge in [-0.25, -0.2) is 0 Å². The maximum Gasteiger partial charge on any atom is 0.0445 e. The summed E-state index contributed by atoms with van der Waals surface area (Å²) in [7, 11) is -0.939. The molecule has 90 valence electrons. The molecule has 0 N–H and O–H groups in total. The van der Waals surface area contributed by atoms with Crippen LogP contribution in [0.3, 0.4) is 0 Å². The molecule has 1 rings (SSSR count). The van der Waals surface area contributed by atoms with E-state index in [0.29, 0.717) is 0 Å². The largest absolute Gasteiger partial charge is 0.0925 e. The van der Waals surface area contributed by atoms with Gasteiger partial charge in [-0.2, -0.15) is 0 Å². The van der Waals surface area contributed by atoms with Crippen LogP contribution in [0.15, 0.2) is 24.3 Å². The van der Waals surface area contributed by atoms with E-state index >= 15 is 0 Å². The molecule has 2 heteroatoms. The molecule has 0 aliphatic carbocycles. The molecule has 1 atom stereocenters. The molecule has 1 aromatic rings. The van der Waals surface area contributed by atoms with E-state index in [9.17, 15) is 0 Å². The monoisotopic (exact) mass is 298 g/mol. The Balaban J connectivity index is 2.63. The van der Waals surface area contributed by atoms with E-state index in [0.717, 1.165) is 11.2 Å². The van der Waals surface area contributed by atoms with Crippen molar-refractivity contribution in [1.82, 2.24) is 0 Å². The maximum absolute atomic E-state index is 3.67. The molecule has 0 nitrogen and oxygen atoms in total. The van der Waals surface area contributed by atoms with E-state index in [1.54, 1.807) is 0 Å². The number of alkyl halides is 1. The van der Waals surface area contributed by atoms with Gasteiger partial charge >= 0.3 is 0 Å². The Morgan fingerprint density at radius 1 is 1.25 bits per heavy atom. The number of hydrogen-bond donors (Lipinski definition) is 0. The third-order valence-corrected chi connectivity index (χ3v) is 5.44. The third kappa shape index (κ3) is 5.31.